The van der Waals surface area contributed by atoms with E-state index in [2.05, 4.69) is 10.6 Å². The van der Waals surface area contributed by atoms with Crippen LogP contribution < -0.4 is 10.6 Å². The lowest BCUT2D eigenvalue weighted by molar-refractivity contribution is -0.132. The van der Waals surface area contributed by atoms with E-state index < -0.39 is 5.92 Å². The minimum atomic E-state index is -0.447. The number of benzene rings is 1. The van der Waals surface area contributed by atoms with Gasteiger partial charge >= 0.3 is 0 Å². The van der Waals surface area contributed by atoms with Gasteiger partial charge in [0, 0.05) is 10.6 Å². The highest BCUT2D eigenvalue weighted by Gasteiger charge is 2.25. The number of amides is 2. The Morgan fingerprint density at radius 1 is 1.17 bits per heavy atom. The number of unbranched alkanes of at least 4 members (excludes halogenated alkanes) is 1. The Morgan fingerprint density at radius 3 is 2.52 bits per heavy atom. The lowest BCUT2D eigenvalue weighted by atomic mass is 10.0. The zero-order valence-corrected chi connectivity index (χ0v) is 17.9. The molecule has 0 fully saturated rings. The summed E-state index contributed by atoms with van der Waals surface area (Å²) >= 11 is 1.39. The van der Waals surface area contributed by atoms with Crippen LogP contribution in [0.15, 0.2) is 30.3 Å². The van der Waals surface area contributed by atoms with Gasteiger partial charge < -0.3 is 15.4 Å². The van der Waals surface area contributed by atoms with E-state index in [-0.39, 0.29) is 18.4 Å². The highest BCUT2D eigenvalue weighted by atomic mass is 32.1. The van der Waals surface area contributed by atoms with Gasteiger partial charge in [0.1, 0.15) is 11.6 Å². The monoisotopic (exact) mass is 416 g/mol. The fourth-order valence-electron chi connectivity index (χ4n) is 3.16. The normalized spacial score (nSPS) is 11.6. The van der Waals surface area contributed by atoms with Crippen LogP contribution in [-0.4, -0.2) is 24.9 Å². The molecule has 1 atom stereocenters. The summed E-state index contributed by atoms with van der Waals surface area (Å²) in [7, 11) is 0. The molecule has 1 heterocycles. The Hall–Kier alpha value is -2.67. The molecule has 2 N–H and O–H groups in total. The summed E-state index contributed by atoms with van der Waals surface area (Å²) in [5.74, 6) is -0.933. The highest BCUT2D eigenvalue weighted by molar-refractivity contribution is 7.16. The lowest BCUT2D eigenvalue weighted by Gasteiger charge is -2.16. The maximum atomic E-state index is 13.0. The minimum Gasteiger partial charge on any atom is -0.467 e. The fraction of sp³-hybridized carbons (Fsp3) is 0.409. The lowest BCUT2D eigenvalue weighted by Crippen LogP contribution is -2.27. The minimum absolute atomic E-state index is 0.0336. The van der Waals surface area contributed by atoms with Crippen molar-refractivity contribution in [2.45, 2.75) is 46.5 Å². The number of aryl methyl sites for hydroxylation is 1. The third-order valence-corrected chi connectivity index (χ3v) is 5.76. The van der Waals surface area contributed by atoms with Crippen LogP contribution in [0.2, 0.25) is 0 Å². The molecule has 0 radical (unpaired) electrons. The molecule has 1 unspecified atom stereocenters. The Kier molecular flexibility index (Phi) is 8.86. The summed E-state index contributed by atoms with van der Waals surface area (Å²) in [6.45, 7) is 6.36. The molecule has 7 heteroatoms. The van der Waals surface area contributed by atoms with Gasteiger partial charge in [0.25, 0.3) is 12.4 Å². The Labute approximate surface area is 175 Å². The summed E-state index contributed by atoms with van der Waals surface area (Å²) in [4.78, 5) is 37.4. The van der Waals surface area contributed by atoms with Crippen molar-refractivity contribution in [1.82, 2.24) is 0 Å². The van der Waals surface area contributed by atoms with Crippen molar-refractivity contribution in [2.24, 2.45) is 5.92 Å². The first kappa shape index (κ1) is 22.6. The smallest absolute Gasteiger partial charge is 0.293 e. The molecule has 156 valence electrons. The topological polar surface area (TPSA) is 84.5 Å². The molecule has 2 rings (SSSR count). The molecule has 0 aliphatic rings. The van der Waals surface area contributed by atoms with Gasteiger partial charge in [0.15, 0.2) is 0 Å². The van der Waals surface area contributed by atoms with E-state index in [1.54, 1.807) is 0 Å². The second-order valence-corrected chi connectivity index (χ2v) is 8.00. The van der Waals surface area contributed by atoms with Gasteiger partial charge in [-0.3, -0.25) is 14.4 Å². The quantitative estimate of drug-likeness (QED) is 0.516. The summed E-state index contributed by atoms with van der Waals surface area (Å²) < 4.78 is 4.84. The first-order valence-electron chi connectivity index (χ1n) is 9.86. The number of carbonyl (C=O) groups excluding carboxylic acids is 3. The molecule has 0 bridgehead atoms. The highest BCUT2D eigenvalue weighted by Crippen LogP contribution is 2.34. The maximum absolute atomic E-state index is 13.0. The zero-order valence-electron chi connectivity index (χ0n) is 17.1. The average Bonchev–Trinajstić information content (AvgIpc) is 3.03. The summed E-state index contributed by atoms with van der Waals surface area (Å²) in [6, 6.07) is 9.22. The van der Waals surface area contributed by atoms with Gasteiger partial charge in [-0.15, -0.1) is 11.3 Å². The van der Waals surface area contributed by atoms with Crippen molar-refractivity contribution in [3.63, 3.8) is 0 Å². The molecule has 0 saturated carbocycles. The number of hydrogen-bond donors (Lipinski definition) is 2. The number of carbonyl (C=O) groups is 3. The maximum Gasteiger partial charge on any atom is 0.293 e. The van der Waals surface area contributed by atoms with E-state index >= 15 is 0 Å². The van der Waals surface area contributed by atoms with E-state index in [0.717, 1.165) is 23.3 Å². The predicted molar refractivity (Wildman–Crippen MR) is 116 cm³/mol. The van der Waals surface area contributed by atoms with Crippen molar-refractivity contribution < 1.29 is 19.1 Å². The van der Waals surface area contributed by atoms with E-state index in [1.165, 1.54) is 11.3 Å². The van der Waals surface area contributed by atoms with Crippen molar-refractivity contribution in [2.75, 3.05) is 17.2 Å². The summed E-state index contributed by atoms with van der Waals surface area (Å²) in [5, 5.41) is 6.35. The van der Waals surface area contributed by atoms with Crippen LogP contribution in [0.5, 0.6) is 0 Å². The summed E-state index contributed by atoms with van der Waals surface area (Å²) in [5.41, 5.74) is 2.12. The summed E-state index contributed by atoms with van der Waals surface area (Å²) in [6.07, 6.45) is 3.09. The third kappa shape index (κ3) is 6.15. The average molecular weight is 417 g/mol. The van der Waals surface area contributed by atoms with Gasteiger partial charge in [0.2, 0.25) is 5.91 Å². The number of ether oxygens (including phenoxy) is 1. The first-order chi connectivity index (χ1) is 14.0. The zero-order chi connectivity index (χ0) is 21.2. The third-order valence-electron chi connectivity index (χ3n) is 4.70. The van der Waals surface area contributed by atoms with E-state index in [1.807, 2.05) is 51.1 Å². The molecular weight excluding hydrogens is 388 g/mol. The van der Waals surface area contributed by atoms with Gasteiger partial charge in [0.05, 0.1) is 11.5 Å². The van der Waals surface area contributed by atoms with Crippen LogP contribution in [0.25, 0.3) is 0 Å². The molecule has 0 saturated heterocycles. The van der Waals surface area contributed by atoms with Crippen LogP contribution >= 0.6 is 11.3 Å². The van der Waals surface area contributed by atoms with Gasteiger partial charge in [-0.05, 0) is 37.5 Å². The number of nitrogens with one attached hydrogen (secondary N) is 2. The van der Waals surface area contributed by atoms with E-state index in [9.17, 15) is 14.4 Å². The number of anilines is 2. The standard InChI is InChI=1S/C22H28N2O4S/c1-4-6-10-16(13-28-14-25)20(26)24-22-19(18(5-2)15(3)29-22)21(27)23-17-11-8-7-9-12-17/h7-9,11-12,14,16H,4-6,10,13H2,1-3H3,(H,23,27)(H,24,26). The second-order valence-electron chi connectivity index (χ2n) is 6.77. The molecule has 2 amide bonds. The molecule has 1 aromatic carbocycles. The number of hydrogen-bond acceptors (Lipinski definition) is 5. The predicted octanol–water partition coefficient (Wildman–Crippen LogP) is 4.79. The number of para-hydroxylation sites is 1. The van der Waals surface area contributed by atoms with Crippen molar-refractivity contribution in [3.8, 4) is 0 Å². The second kappa shape index (κ2) is 11.4. The first-order valence-corrected chi connectivity index (χ1v) is 10.7. The largest absolute Gasteiger partial charge is 0.467 e. The van der Waals surface area contributed by atoms with Crippen molar-refractivity contribution in [1.29, 1.82) is 0 Å². The van der Waals surface area contributed by atoms with Crippen molar-refractivity contribution >= 4 is 40.3 Å². The molecule has 29 heavy (non-hydrogen) atoms. The molecule has 0 spiro atoms. The molecule has 2 aromatic rings. The van der Waals surface area contributed by atoms with Crippen molar-refractivity contribution in [3.05, 3.63) is 46.3 Å². The molecule has 6 nitrogen and oxygen atoms in total. The SMILES string of the molecule is CCCCC(COC=O)C(=O)Nc1sc(C)c(CC)c1C(=O)Nc1ccccc1. The van der Waals surface area contributed by atoms with E-state index in [4.69, 9.17) is 4.74 Å². The van der Waals surface area contributed by atoms with Gasteiger partial charge in [-0.1, -0.05) is 44.9 Å². The van der Waals surface area contributed by atoms with Crippen LogP contribution in [0.3, 0.4) is 0 Å². The van der Waals surface area contributed by atoms with Gasteiger partial charge in [-0.2, -0.15) is 0 Å². The van der Waals surface area contributed by atoms with Crippen LogP contribution in [-0.2, 0) is 20.7 Å². The Morgan fingerprint density at radius 2 is 1.90 bits per heavy atom. The van der Waals surface area contributed by atoms with Crippen LogP contribution in [0.1, 0.15) is 53.9 Å². The Bertz CT molecular complexity index is 833. The Balaban J connectivity index is 2.26. The molecule has 0 aliphatic carbocycles. The van der Waals surface area contributed by atoms with Gasteiger partial charge in [-0.25, -0.2) is 0 Å². The molecular formula is C22H28N2O4S. The fourth-order valence-corrected chi connectivity index (χ4v) is 4.30. The van der Waals surface area contributed by atoms with Crippen LogP contribution in [0.4, 0.5) is 10.7 Å². The van der Waals surface area contributed by atoms with Crippen LogP contribution in [0, 0.1) is 12.8 Å². The van der Waals surface area contributed by atoms with E-state index in [0.29, 0.717) is 35.6 Å². The number of rotatable bonds is 11. The number of thiophene rings is 1. The molecule has 0 aliphatic heterocycles. The molecule has 1 aromatic heterocycles.